The Bertz CT molecular complexity index is 899. The van der Waals surface area contributed by atoms with Crippen molar-refractivity contribution in [1.82, 2.24) is 0 Å². The summed E-state index contributed by atoms with van der Waals surface area (Å²) >= 11 is 5.61. The van der Waals surface area contributed by atoms with Crippen LogP contribution in [-0.4, -0.2) is 25.1 Å². The average Bonchev–Trinajstić information content (AvgIpc) is 2.62. The minimum Gasteiger partial charge on any atom is -0.496 e. The summed E-state index contributed by atoms with van der Waals surface area (Å²) < 4.78 is 49.5. The Labute approximate surface area is 164 Å². The number of carbonyl (C=O) groups is 2. The third-order valence-electron chi connectivity index (χ3n) is 3.77. The fourth-order valence-corrected chi connectivity index (χ4v) is 2.53. The molecule has 5 nitrogen and oxygen atoms in total. The quantitative estimate of drug-likeness (QED) is 0.708. The molecule has 150 valence electrons. The number of halogens is 4. The lowest BCUT2D eigenvalue weighted by atomic mass is 10.1. The lowest BCUT2D eigenvalue weighted by molar-refractivity contribution is -0.137. The predicted molar refractivity (Wildman–Crippen MR) is 97.7 cm³/mol. The Morgan fingerprint density at radius 2 is 1.82 bits per heavy atom. The second-order valence-electron chi connectivity index (χ2n) is 5.93. The van der Waals surface area contributed by atoms with Crippen molar-refractivity contribution in [2.75, 3.05) is 12.4 Å². The highest BCUT2D eigenvalue weighted by Gasteiger charge is 2.34. The van der Waals surface area contributed by atoms with Gasteiger partial charge in [-0.1, -0.05) is 23.2 Å². The zero-order valence-corrected chi connectivity index (χ0v) is 15.9. The molecule has 1 atom stereocenters. The number of anilines is 1. The average molecular weight is 416 g/mol. The standard InChI is InChI=1S/C19H17ClF3NO4/c1-10-4-7-16(27-3)13(8-10)18(26)28-11(2)17(25)24-15-6-5-12(20)9-14(15)19(21,22)23/h4-9,11H,1-3H3,(H,24,25)/t11-/m0/s1. The number of amides is 1. The topological polar surface area (TPSA) is 64.6 Å². The number of esters is 1. The van der Waals surface area contributed by atoms with Gasteiger partial charge in [-0.15, -0.1) is 0 Å². The van der Waals surface area contributed by atoms with Crippen molar-refractivity contribution in [1.29, 1.82) is 0 Å². The molecule has 2 aromatic rings. The minimum atomic E-state index is -4.72. The maximum atomic E-state index is 13.1. The van der Waals surface area contributed by atoms with E-state index < -0.39 is 35.4 Å². The van der Waals surface area contributed by atoms with E-state index in [1.807, 2.05) is 0 Å². The zero-order valence-electron chi connectivity index (χ0n) is 15.2. The third kappa shape index (κ3) is 5.16. The SMILES string of the molecule is COc1ccc(C)cc1C(=O)O[C@@H](C)C(=O)Nc1ccc(Cl)cc1C(F)(F)F. The van der Waals surface area contributed by atoms with Crippen LogP contribution in [0.3, 0.4) is 0 Å². The van der Waals surface area contributed by atoms with Crippen LogP contribution in [-0.2, 0) is 15.7 Å². The molecule has 0 fully saturated rings. The van der Waals surface area contributed by atoms with Gasteiger partial charge in [-0.3, -0.25) is 4.79 Å². The largest absolute Gasteiger partial charge is 0.496 e. The normalized spacial score (nSPS) is 12.2. The third-order valence-corrected chi connectivity index (χ3v) is 4.01. The highest BCUT2D eigenvalue weighted by atomic mass is 35.5. The number of aryl methyl sites for hydroxylation is 1. The summed E-state index contributed by atoms with van der Waals surface area (Å²) in [5, 5.41) is 1.99. The van der Waals surface area contributed by atoms with Crippen LogP contribution >= 0.6 is 11.6 Å². The van der Waals surface area contributed by atoms with Gasteiger partial charge in [0.15, 0.2) is 6.10 Å². The van der Waals surface area contributed by atoms with Gasteiger partial charge in [0.25, 0.3) is 5.91 Å². The van der Waals surface area contributed by atoms with Crippen molar-refractivity contribution in [3.05, 3.63) is 58.1 Å². The van der Waals surface area contributed by atoms with Gasteiger partial charge >= 0.3 is 12.1 Å². The van der Waals surface area contributed by atoms with Crippen LogP contribution < -0.4 is 10.1 Å². The van der Waals surface area contributed by atoms with Crippen molar-refractivity contribution in [3.8, 4) is 5.75 Å². The molecular formula is C19H17ClF3NO4. The maximum Gasteiger partial charge on any atom is 0.418 e. The lowest BCUT2D eigenvalue weighted by Crippen LogP contribution is -2.31. The number of methoxy groups -OCH3 is 1. The molecule has 0 radical (unpaired) electrons. The van der Waals surface area contributed by atoms with Crippen LogP contribution in [0.1, 0.15) is 28.4 Å². The maximum absolute atomic E-state index is 13.1. The molecule has 0 aliphatic rings. The summed E-state index contributed by atoms with van der Waals surface area (Å²) in [6.45, 7) is 3.00. The minimum absolute atomic E-state index is 0.102. The van der Waals surface area contributed by atoms with E-state index in [0.29, 0.717) is 6.07 Å². The van der Waals surface area contributed by atoms with E-state index >= 15 is 0 Å². The first-order valence-electron chi connectivity index (χ1n) is 8.06. The van der Waals surface area contributed by atoms with Gasteiger partial charge in [0.1, 0.15) is 11.3 Å². The molecule has 1 N–H and O–H groups in total. The molecule has 0 saturated carbocycles. The van der Waals surface area contributed by atoms with Crippen molar-refractivity contribution in [2.45, 2.75) is 26.1 Å². The number of rotatable bonds is 5. The number of benzene rings is 2. The van der Waals surface area contributed by atoms with Crippen LogP contribution in [0.4, 0.5) is 18.9 Å². The van der Waals surface area contributed by atoms with E-state index in [-0.39, 0.29) is 16.3 Å². The van der Waals surface area contributed by atoms with E-state index in [2.05, 4.69) is 5.32 Å². The number of carbonyl (C=O) groups excluding carboxylic acids is 2. The zero-order chi connectivity index (χ0) is 21.1. The fraction of sp³-hybridized carbons (Fsp3) is 0.263. The first kappa shape index (κ1) is 21.6. The molecule has 2 rings (SSSR count). The second kappa shape index (κ2) is 8.52. The van der Waals surface area contributed by atoms with E-state index in [9.17, 15) is 22.8 Å². The molecule has 0 heterocycles. The van der Waals surface area contributed by atoms with Crippen LogP contribution in [0.25, 0.3) is 0 Å². The number of ether oxygens (including phenoxy) is 2. The fourth-order valence-electron chi connectivity index (χ4n) is 2.35. The molecule has 0 aliphatic heterocycles. The Kier molecular flexibility index (Phi) is 6.56. The van der Waals surface area contributed by atoms with E-state index in [4.69, 9.17) is 21.1 Å². The summed E-state index contributed by atoms with van der Waals surface area (Å²) in [4.78, 5) is 24.6. The number of hydrogen-bond acceptors (Lipinski definition) is 4. The smallest absolute Gasteiger partial charge is 0.418 e. The Morgan fingerprint density at radius 3 is 2.43 bits per heavy atom. The molecule has 28 heavy (non-hydrogen) atoms. The number of nitrogens with one attached hydrogen (secondary N) is 1. The molecule has 0 saturated heterocycles. The van der Waals surface area contributed by atoms with Gasteiger partial charge < -0.3 is 14.8 Å². The monoisotopic (exact) mass is 415 g/mol. The van der Waals surface area contributed by atoms with E-state index in [1.54, 1.807) is 19.1 Å². The van der Waals surface area contributed by atoms with Crippen LogP contribution in [0, 0.1) is 6.92 Å². The molecule has 1 amide bonds. The van der Waals surface area contributed by atoms with Crippen molar-refractivity contribution in [3.63, 3.8) is 0 Å². The highest BCUT2D eigenvalue weighted by Crippen LogP contribution is 2.36. The first-order chi connectivity index (χ1) is 13.0. The summed E-state index contributed by atoms with van der Waals surface area (Å²) in [6.07, 6.45) is -6.07. The molecule has 9 heteroatoms. The molecule has 0 unspecified atom stereocenters. The molecular weight excluding hydrogens is 399 g/mol. The predicted octanol–water partition coefficient (Wildman–Crippen LogP) is 4.86. The van der Waals surface area contributed by atoms with Crippen molar-refractivity contribution >= 4 is 29.2 Å². The van der Waals surface area contributed by atoms with Gasteiger partial charge in [-0.05, 0) is 44.2 Å². The number of hydrogen-bond donors (Lipinski definition) is 1. The van der Waals surface area contributed by atoms with Crippen molar-refractivity contribution < 1.29 is 32.2 Å². The Morgan fingerprint density at radius 1 is 1.14 bits per heavy atom. The highest BCUT2D eigenvalue weighted by molar-refractivity contribution is 6.30. The van der Waals surface area contributed by atoms with Crippen molar-refractivity contribution in [2.24, 2.45) is 0 Å². The van der Waals surface area contributed by atoms with Gasteiger partial charge in [-0.25, -0.2) is 4.79 Å². The van der Waals surface area contributed by atoms with Crippen LogP contribution in [0.5, 0.6) is 5.75 Å². The van der Waals surface area contributed by atoms with E-state index in [1.165, 1.54) is 26.2 Å². The lowest BCUT2D eigenvalue weighted by Gasteiger charge is -2.17. The van der Waals surface area contributed by atoms with Gasteiger partial charge in [0, 0.05) is 5.02 Å². The summed E-state index contributed by atoms with van der Waals surface area (Å²) in [5.74, 6) is -1.51. The van der Waals surface area contributed by atoms with Crippen LogP contribution in [0.15, 0.2) is 36.4 Å². The first-order valence-corrected chi connectivity index (χ1v) is 8.44. The van der Waals surface area contributed by atoms with Gasteiger partial charge in [0.05, 0.1) is 18.4 Å². The molecule has 0 aromatic heterocycles. The molecule has 0 spiro atoms. The van der Waals surface area contributed by atoms with Crippen LogP contribution in [0.2, 0.25) is 5.02 Å². The van der Waals surface area contributed by atoms with Gasteiger partial charge in [0.2, 0.25) is 0 Å². The molecule has 0 aliphatic carbocycles. The molecule has 0 bridgehead atoms. The second-order valence-corrected chi connectivity index (χ2v) is 6.36. The Hall–Kier alpha value is -2.74. The number of alkyl halides is 3. The summed E-state index contributed by atoms with van der Waals surface area (Å²) in [5.41, 5.74) is -0.726. The molecule has 2 aromatic carbocycles. The van der Waals surface area contributed by atoms with E-state index in [0.717, 1.165) is 11.6 Å². The summed E-state index contributed by atoms with van der Waals surface area (Å²) in [6, 6.07) is 7.75. The van der Waals surface area contributed by atoms with Gasteiger partial charge in [-0.2, -0.15) is 13.2 Å². The Balaban J connectivity index is 2.16. The summed E-state index contributed by atoms with van der Waals surface area (Å²) in [7, 11) is 1.37.